The summed E-state index contributed by atoms with van der Waals surface area (Å²) in [4.78, 5) is 12.4. The fourth-order valence-corrected chi connectivity index (χ4v) is 7.36. The van der Waals surface area contributed by atoms with E-state index in [4.69, 9.17) is 0 Å². The summed E-state index contributed by atoms with van der Waals surface area (Å²) >= 11 is 0. The summed E-state index contributed by atoms with van der Waals surface area (Å²) in [5.41, 5.74) is 0. The molecule has 0 aromatic rings. The Hall–Kier alpha value is -1.17. The van der Waals surface area contributed by atoms with E-state index in [9.17, 15) is 20.1 Å². The highest BCUT2D eigenvalue weighted by Crippen LogP contribution is 2.16. The molecule has 1 amide bonds. The van der Waals surface area contributed by atoms with Crippen LogP contribution in [-0.4, -0.2) is 46.1 Å². The summed E-state index contributed by atoms with van der Waals surface area (Å²) in [7, 11) is 0. The number of aliphatic hydroxyl groups excluding tert-OH is 3. The molecule has 4 N–H and O–H groups in total. The number of carbonyl (C=O) groups excluding carboxylic acids is 1. The topological polar surface area (TPSA) is 89.8 Å². The van der Waals surface area contributed by atoms with Crippen LogP contribution in [0.15, 0.2) is 24.3 Å². The molecule has 0 aliphatic rings. The van der Waals surface area contributed by atoms with Gasteiger partial charge in [0.05, 0.1) is 18.8 Å². The molecular formula is C48H93NO4. The summed E-state index contributed by atoms with van der Waals surface area (Å²) in [6.45, 7) is 4.18. The number of amides is 1. The molecule has 3 unspecified atom stereocenters. The number of unbranched alkanes of at least 4 members (excludes halogenated alkanes) is 31. The number of hydrogen-bond donors (Lipinski definition) is 4. The molecule has 0 radical (unpaired) electrons. The van der Waals surface area contributed by atoms with Crippen molar-refractivity contribution >= 4 is 5.91 Å². The van der Waals surface area contributed by atoms with Crippen LogP contribution >= 0.6 is 0 Å². The SMILES string of the molecule is CCCCCCCCCCCCCC/C=C/CC/C=C/CCCC(O)C(O)C(CO)NC(=O)CCCCCCCCCCCCCCCCCCCC. The molecule has 0 aromatic heterocycles. The molecular weight excluding hydrogens is 655 g/mol. The first-order chi connectivity index (χ1) is 26.1. The van der Waals surface area contributed by atoms with Gasteiger partial charge in [-0.2, -0.15) is 0 Å². The Morgan fingerprint density at radius 2 is 0.774 bits per heavy atom. The lowest BCUT2D eigenvalue weighted by Gasteiger charge is -2.26. The zero-order chi connectivity index (χ0) is 38.7. The van der Waals surface area contributed by atoms with Crippen LogP contribution in [0.3, 0.4) is 0 Å². The van der Waals surface area contributed by atoms with E-state index in [1.165, 1.54) is 180 Å². The Bertz CT molecular complexity index is 784. The second-order valence-electron chi connectivity index (χ2n) is 16.3. The van der Waals surface area contributed by atoms with E-state index in [-0.39, 0.29) is 12.5 Å². The fourth-order valence-electron chi connectivity index (χ4n) is 7.36. The van der Waals surface area contributed by atoms with Gasteiger partial charge in [-0.15, -0.1) is 0 Å². The van der Waals surface area contributed by atoms with E-state index in [1.807, 2.05) is 0 Å². The molecule has 0 saturated carbocycles. The summed E-state index contributed by atoms with van der Waals surface area (Å²) in [5, 5.41) is 33.6. The van der Waals surface area contributed by atoms with Crippen molar-refractivity contribution < 1.29 is 20.1 Å². The molecule has 0 aromatic carbocycles. The molecule has 0 aliphatic carbocycles. The predicted molar refractivity (Wildman–Crippen MR) is 231 cm³/mol. The van der Waals surface area contributed by atoms with Crippen molar-refractivity contribution in [3.05, 3.63) is 24.3 Å². The average Bonchev–Trinajstić information content (AvgIpc) is 3.16. The smallest absolute Gasteiger partial charge is 0.220 e. The fraction of sp³-hybridized carbons (Fsp3) is 0.896. The molecule has 0 heterocycles. The van der Waals surface area contributed by atoms with Crippen LogP contribution in [0.4, 0.5) is 0 Å². The van der Waals surface area contributed by atoms with Gasteiger partial charge in [-0.25, -0.2) is 0 Å². The Balaban J connectivity index is 3.65. The Morgan fingerprint density at radius 1 is 0.453 bits per heavy atom. The van der Waals surface area contributed by atoms with Crippen LogP contribution in [0.5, 0.6) is 0 Å². The molecule has 0 aliphatic heterocycles. The third-order valence-electron chi connectivity index (χ3n) is 11.0. The van der Waals surface area contributed by atoms with Crippen molar-refractivity contribution in [2.75, 3.05) is 6.61 Å². The highest BCUT2D eigenvalue weighted by Gasteiger charge is 2.26. The lowest BCUT2D eigenvalue weighted by atomic mass is 10.0. The van der Waals surface area contributed by atoms with E-state index in [0.29, 0.717) is 12.8 Å². The number of rotatable bonds is 43. The first kappa shape index (κ1) is 51.8. The molecule has 0 saturated heterocycles. The maximum absolute atomic E-state index is 12.4. The van der Waals surface area contributed by atoms with Crippen molar-refractivity contribution in [3.63, 3.8) is 0 Å². The van der Waals surface area contributed by atoms with Gasteiger partial charge in [0.15, 0.2) is 0 Å². The number of hydrogen-bond acceptors (Lipinski definition) is 4. The number of aliphatic hydroxyl groups is 3. The third-order valence-corrected chi connectivity index (χ3v) is 11.0. The molecule has 0 bridgehead atoms. The van der Waals surface area contributed by atoms with E-state index in [0.717, 1.165) is 44.9 Å². The maximum Gasteiger partial charge on any atom is 0.220 e. The standard InChI is InChI=1S/C48H93NO4/c1-3-5-7-9-11-13-15-17-19-21-23-24-25-26-28-30-32-34-36-38-40-42-46(51)48(53)45(44-50)49-47(52)43-41-39-37-35-33-31-29-27-22-20-18-16-14-12-10-8-6-4-2/h26,28,34,36,45-46,48,50-51,53H,3-25,27,29-33,35,37-44H2,1-2H3,(H,49,52)/b28-26+,36-34+. The van der Waals surface area contributed by atoms with Crippen LogP contribution in [0.25, 0.3) is 0 Å². The van der Waals surface area contributed by atoms with Crippen LogP contribution in [0, 0.1) is 0 Å². The van der Waals surface area contributed by atoms with Gasteiger partial charge in [0.1, 0.15) is 6.10 Å². The summed E-state index contributed by atoms with van der Waals surface area (Å²) < 4.78 is 0. The van der Waals surface area contributed by atoms with E-state index >= 15 is 0 Å². The van der Waals surface area contributed by atoms with Crippen molar-refractivity contribution in [2.24, 2.45) is 0 Å². The number of nitrogens with one attached hydrogen (secondary N) is 1. The van der Waals surface area contributed by atoms with Crippen LogP contribution in [0.2, 0.25) is 0 Å². The van der Waals surface area contributed by atoms with Crippen LogP contribution < -0.4 is 5.32 Å². The van der Waals surface area contributed by atoms with Crippen molar-refractivity contribution in [1.82, 2.24) is 5.32 Å². The maximum atomic E-state index is 12.4. The normalized spacial score (nSPS) is 13.7. The average molecular weight is 748 g/mol. The van der Waals surface area contributed by atoms with E-state index in [1.54, 1.807) is 0 Å². The molecule has 5 nitrogen and oxygen atoms in total. The van der Waals surface area contributed by atoms with Gasteiger partial charge in [0.2, 0.25) is 5.91 Å². The summed E-state index contributed by atoms with van der Waals surface area (Å²) in [6, 6.07) is -0.828. The lowest BCUT2D eigenvalue weighted by molar-refractivity contribution is -0.124. The summed E-state index contributed by atoms with van der Waals surface area (Å²) in [6.07, 6.45) is 53.0. The summed E-state index contributed by atoms with van der Waals surface area (Å²) in [5.74, 6) is -0.155. The van der Waals surface area contributed by atoms with Gasteiger partial charge < -0.3 is 20.6 Å². The van der Waals surface area contributed by atoms with Gasteiger partial charge >= 0.3 is 0 Å². The quantitative estimate of drug-likeness (QED) is 0.0369. The van der Waals surface area contributed by atoms with Crippen molar-refractivity contribution in [2.45, 2.75) is 270 Å². The van der Waals surface area contributed by atoms with Crippen LogP contribution in [0.1, 0.15) is 251 Å². The Labute approximate surface area is 331 Å². The highest BCUT2D eigenvalue weighted by atomic mass is 16.3. The molecule has 53 heavy (non-hydrogen) atoms. The molecule has 314 valence electrons. The Kier molecular flexibility index (Phi) is 42.6. The minimum absolute atomic E-state index is 0.155. The highest BCUT2D eigenvalue weighted by molar-refractivity contribution is 5.76. The Morgan fingerprint density at radius 3 is 1.15 bits per heavy atom. The van der Waals surface area contributed by atoms with Crippen LogP contribution in [-0.2, 0) is 4.79 Å². The molecule has 0 rings (SSSR count). The molecule has 0 spiro atoms. The van der Waals surface area contributed by atoms with Gasteiger partial charge in [0.25, 0.3) is 0 Å². The predicted octanol–water partition coefficient (Wildman–Crippen LogP) is 13.8. The van der Waals surface area contributed by atoms with Gasteiger partial charge in [-0.3, -0.25) is 4.79 Å². The molecule has 0 fully saturated rings. The minimum atomic E-state index is -1.16. The third kappa shape index (κ3) is 38.9. The van der Waals surface area contributed by atoms with E-state index < -0.39 is 18.2 Å². The number of allylic oxidation sites excluding steroid dienone is 4. The largest absolute Gasteiger partial charge is 0.394 e. The first-order valence-electron chi connectivity index (χ1n) is 23.6. The zero-order valence-electron chi connectivity index (χ0n) is 35.7. The second kappa shape index (κ2) is 43.6. The second-order valence-corrected chi connectivity index (χ2v) is 16.3. The zero-order valence-corrected chi connectivity index (χ0v) is 35.7. The van der Waals surface area contributed by atoms with E-state index in [2.05, 4.69) is 43.5 Å². The van der Waals surface area contributed by atoms with Crippen molar-refractivity contribution in [1.29, 1.82) is 0 Å². The minimum Gasteiger partial charge on any atom is -0.394 e. The monoisotopic (exact) mass is 748 g/mol. The molecule has 3 atom stereocenters. The molecule has 5 heteroatoms. The van der Waals surface area contributed by atoms with Gasteiger partial charge in [-0.05, 0) is 51.4 Å². The lowest BCUT2D eigenvalue weighted by Crippen LogP contribution is -2.50. The van der Waals surface area contributed by atoms with Crippen molar-refractivity contribution in [3.8, 4) is 0 Å². The number of carbonyl (C=O) groups is 1. The first-order valence-corrected chi connectivity index (χ1v) is 23.6. The van der Waals surface area contributed by atoms with Gasteiger partial charge in [0, 0.05) is 6.42 Å². The van der Waals surface area contributed by atoms with Gasteiger partial charge in [-0.1, -0.05) is 218 Å².